The highest BCUT2D eigenvalue weighted by atomic mass is 16.3. The molecule has 2 N–H and O–H groups in total. The summed E-state index contributed by atoms with van der Waals surface area (Å²) >= 11 is 0. The van der Waals surface area contributed by atoms with E-state index in [4.69, 9.17) is 15.8 Å². The molecule has 0 atom stereocenters. The normalized spacial score (nSPS) is 14.4. The first-order valence-electron chi connectivity index (χ1n) is 6.93. The molecule has 0 aromatic heterocycles. The van der Waals surface area contributed by atoms with E-state index in [1.807, 2.05) is 24.3 Å². The first kappa shape index (κ1) is 15.4. The third-order valence-corrected chi connectivity index (χ3v) is 3.55. The standard InChI is InChI=1S/C16H15N5O/c17-9-12(10-18)15(11-19)20-14-3-1-2-4-16(14)21-7-5-13(22)6-8-21/h1-4,13,20,22H,5-8H2. The maximum Gasteiger partial charge on any atom is 0.163 e. The van der Waals surface area contributed by atoms with Crippen LogP contribution in [-0.4, -0.2) is 24.3 Å². The van der Waals surface area contributed by atoms with Crippen molar-refractivity contribution in [2.24, 2.45) is 0 Å². The molecule has 1 fully saturated rings. The second kappa shape index (κ2) is 7.13. The molecule has 0 radical (unpaired) electrons. The van der Waals surface area contributed by atoms with E-state index >= 15 is 0 Å². The molecule has 0 unspecified atom stereocenters. The van der Waals surface area contributed by atoms with E-state index in [1.165, 1.54) is 0 Å². The Morgan fingerprint density at radius 3 is 2.32 bits per heavy atom. The van der Waals surface area contributed by atoms with Gasteiger partial charge in [-0.3, -0.25) is 0 Å². The molecule has 110 valence electrons. The van der Waals surface area contributed by atoms with Crippen LogP contribution in [0.25, 0.3) is 0 Å². The Balaban J connectivity index is 2.30. The Bertz CT molecular complexity index is 680. The minimum Gasteiger partial charge on any atom is -0.393 e. The largest absolute Gasteiger partial charge is 0.393 e. The molecule has 6 heteroatoms. The van der Waals surface area contributed by atoms with Crippen LogP contribution in [-0.2, 0) is 0 Å². The number of rotatable bonds is 3. The molecule has 1 aliphatic heterocycles. The first-order chi connectivity index (χ1) is 10.7. The zero-order valence-corrected chi connectivity index (χ0v) is 12.0. The summed E-state index contributed by atoms with van der Waals surface area (Å²) in [4.78, 5) is 2.11. The molecule has 22 heavy (non-hydrogen) atoms. The summed E-state index contributed by atoms with van der Waals surface area (Å²) in [5, 5.41) is 39.4. The Morgan fingerprint density at radius 1 is 1.09 bits per heavy atom. The van der Waals surface area contributed by atoms with Gasteiger partial charge in [0.15, 0.2) is 5.57 Å². The second-order valence-electron chi connectivity index (χ2n) is 4.95. The number of allylic oxidation sites excluding steroid dienone is 2. The summed E-state index contributed by atoms with van der Waals surface area (Å²) in [6.45, 7) is 1.43. The third-order valence-electron chi connectivity index (χ3n) is 3.55. The quantitative estimate of drug-likeness (QED) is 0.824. The molecule has 0 bridgehead atoms. The lowest BCUT2D eigenvalue weighted by Gasteiger charge is -2.32. The molecular weight excluding hydrogens is 278 g/mol. The summed E-state index contributed by atoms with van der Waals surface area (Å²) in [5.74, 6) is 0. The summed E-state index contributed by atoms with van der Waals surface area (Å²) in [5.41, 5.74) is 1.25. The van der Waals surface area contributed by atoms with E-state index in [2.05, 4.69) is 10.2 Å². The highest BCUT2D eigenvalue weighted by Gasteiger charge is 2.19. The van der Waals surface area contributed by atoms with Crippen LogP contribution in [0.15, 0.2) is 35.5 Å². The summed E-state index contributed by atoms with van der Waals surface area (Å²) in [6.07, 6.45) is 1.11. The molecule has 2 rings (SSSR count). The van der Waals surface area contributed by atoms with Crippen molar-refractivity contribution in [2.45, 2.75) is 18.9 Å². The minimum atomic E-state index is -0.269. The molecular formula is C16H15N5O. The van der Waals surface area contributed by atoms with Gasteiger partial charge in [0.2, 0.25) is 0 Å². The zero-order chi connectivity index (χ0) is 15.9. The fraction of sp³-hybridized carbons (Fsp3) is 0.312. The molecule has 1 aliphatic rings. The number of piperidine rings is 1. The Hall–Kier alpha value is -3.01. The third kappa shape index (κ3) is 3.35. The number of aliphatic hydroxyl groups excluding tert-OH is 1. The van der Waals surface area contributed by atoms with Crippen molar-refractivity contribution >= 4 is 11.4 Å². The van der Waals surface area contributed by atoms with Crippen LogP contribution in [0.2, 0.25) is 0 Å². The first-order valence-corrected chi connectivity index (χ1v) is 6.93. The van der Waals surface area contributed by atoms with Crippen LogP contribution < -0.4 is 10.2 Å². The Kier molecular flexibility index (Phi) is 4.98. The number of anilines is 2. The molecule has 1 heterocycles. The van der Waals surface area contributed by atoms with Crippen LogP contribution in [0, 0.1) is 34.0 Å². The van der Waals surface area contributed by atoms with E-state index in [1.54, 1.807) is 18.2 Å². The second-order valence-corrected chi connectivity index (χ2v) is 4.95. The number of benzene rings is 1. The van der Waals surface area contributed by atoms with Crippen molar-refractivity contribution in [3.63, 3.8) is 0 Å². The summed E-state index contributed by atoms with van der Waals surface area (Å²) in [6, 6.07) is 12.7. The number of hydrogen-bond acceptors (Lipinski definition) is 6. The minimum absolute atomic E-state index is 0.0607. The topological polar surface area (TPSA) is 107 Å². The maximum absolute atomic E-state index is 9.60. The molecule has 1 saturated heterocycles. The molecule has 6 nitrogen and oxygen atoms in total. The lowest BCUT2D eigenvalue weighted by atomic mass is 10.1. The van der Waals surface area contributed by atoms with Crippen LogP contribution in [0.1, 0.15) is 12.8 Å². The van der Waals surface area contributed by atoms with Gasteiger partial charge in [-0.1, -0.05) is 12.1 Å². The van der Waals surface area contributed by atoms with Gasteiger partial charge in [-0.2, -0.15) is 15.8 Å². The highest BCUT2D eigenvalue weighted by molar-refractivity contribution is 5.74. The number of nitriles is 3. The van der Waals surface area contributed by atoms with Crippen LogP contribution in [0.5, 0.6) is 0 Å². The number of para-hydroxylation sites is 2. The van der Waals surface area contributed by atoms with Gasteiger partial charge in [-0.05, 0) is 25.0 Å². The molecule has 1 aromatic rings. The van der Waals surface area contributed by atoms with E-state index in [0.29, 0.717) is 18.5 Å². The highest BCUT2D eigenvalue weighted by Crippen LogP contribution is 2.29. The Labute approximate surface area is 129 Å². The van der Waals surface area contributed by atoms with E-state index < -0.39 is 0 Å². The van der Waals surface area contributed by atoms with E-state index in [0.717, 1.165) is 18.8 Å². The van der Waals surface area contributed by atoms with Gasteiger partial charge >= 0.3 is 0 Å². The lowest BCUT2D eigenvalue weighted by molar-refractivity contribution is 0.145. The van der Waals surface area contributed by atoms with Crippen LogP contribution in [0.4, 0.5) is 11.4 Å². The van der Waals surface area contributed by atoms with Crippen molar-refractivity contribution in [1.82, 2.24) is 0 Å². The summed E-state index contributed by atoms with van der Waals surface area (Å²) in [7, 11) is 0. The average molecular weight is 293 g/mol. The van der Waals surface area contributed by atoms with Crippen LogP contribution in [0.3, 0.4) is 0 Å². The van der Waals surface area contributed by atoms with Crippen LogP contribution >= 0.6 is 0 Å². The van der Waals surface area contributed by atoms with Crippen molar-refractivity contribution < 1.29 is 5.11 Å². The van der Waals surface area contributed by atoms with Gasteiger partial charge in [0.25, 0.3) is 0 Å². The number of hydrogen-bond donors (Lipinski definition) is 2. The van der Waals surface area contributed by atoms with Gasteiger partial charge in [0.1, 0.15) is 23.9 Å². The van der Waals surface area contributed by atoms with Crippen molar-refractivity contribution in [3.05, 3.63) is 35.5 Å². The van der Waals surface area contributed by atoms with Crippen molar-refractivity contribution in [2.75, 3.05) is 23.3 Å². The molecule has 1 aromatic carbocycles. The maximum atomic E-state index is 9.60. The van der Waals surface area contributed by atoms with Crippen molar-refractivity contribution in [3.8, 4) is 18.2 Å². The molecule has 0 amide bonds. The monoisotopic (exact) mass is 293 g/mol. The number of nitrogens with one attached hydrogen (secondary N) is 1. The summed E-state index contributed by atoms with van der Waals surface area (Å²) < 4.78 is 0. The number of aliphatic hydroxyl groups is 1. The predicted molar refractivity (Wildman–Crippen MR) is 81.4 cm³/mol. The predicted octanol–water partition coefficient (Wildman–Crippen LogP) is 1.88. The van der Waals surface area contributed by atoms with Crippen molar-refractivity contribution in [1.29, 1.82) is 15.8 Å². The van der Waals surface area contributed by atoms with E-state index in [-0.39, 0.29) is 17.4 Å². The number of nitrogens with zero attached hydrogens (tertiary/aromatic N) is 4. The van der Waals surface area contributed by atoms with Gasteiger partial charge < -0.3 is 15.3 Å². The fourth-order valence-corrected chi connectivity index (χ4v) is 2.38. The zero-order valence-electron chi connectivity index (χ0n) is 12.0. The fourth-order valence-electron chi connectivity index (χ4n) is 2.38. The SMILES string of the molecule is N#CC(C#N)=C(C#N)Nc1ccccc1N1CCC(O)CC1. The smallest absolute Gasteiger partial charge is 0.163 e. The molecule has 0 spiro atoms. The van der Waals surface area contributed by atoms with Gasteiger partial charge in [-0.15, -0.1) is 0 Å². The lowest BCUT2D eigenvalue weighted by Crippen LogP contribution is -2.36. The Morgan fingerprint density at radius 2 is 1.73 bits per heavy atom. The molecule has 0 saturated carbocycles. The van der Waals surface area contributed by atoms with Gasteiger partial charge in [0, 0.05) is 13.1 Å². The van der Waals surface area contributed by atoms with Gasteiger partial charge in [0.05, 0.1) is 17.5 Å². The molecule has 0 aliphatic carbocycles. The average Bonchev–Trinajstić information content (AvgIpc) is 2.56. The van der Waals surface area contributed by atoms with E-state index in [9.17, 15) is 5.11 Å². The van der Waals surface area contributed by atoms with Gasteiger partial charge in [-0.25, -0.2) is 0 Å².